The molecule has 154 valence electrons. The van der Waals surface area contributed by atoms with Crippen molar-refractivity contribution in [2.45, 2.75) is 5.92 Å². The zero-order valence-corrected chi connectivity index (χ0v) is 16.5. The molecule has 3 aromatic rings. The van der Waals surface area contributed by atoms with E-state index in [4.69, 9.17) is 10.5 Å². The van der Waals surface area contributed by atoms with Gasteiger partial charge in [-0.1, -0.05) is 60.4 Å². The number of nitrogens with two attached hydrogens (primary N) is 1. The summed E-state index contributed by atoms with van der Waals surface area (Å²) in [5.41, 5.74) is 10.7. The lowest BCUT2D eigenvalue weighted by Crippen LogP contribution is -2.26. The van der Waals surface area contributed by atoms with Gasteiger partial charge >= 0.3 is 6.09 Å². The summed E-state index contributed by atoms with van der Waals surface area (Å²) in [6.45, 7) is 0.305. The van der Waals surface area contributed by atoms with Gasteiger partial charge in [0, 0.05) is 17.5 Å². The van der Waals surface area contributed by atoms with Crippen molar-refractivity contribution >= 4 is 17.5 Å². The Morgan fingerprint density at radius 2 is 1.71 bits per heavy atom. The summed E-state index contributed by atoms with van der Waals surface area (Å²) in [5, 5.41) is 13.4. The Bertz CT molecular complexity index is 1180. The van der Waals surface area contributed by atoms with Crippen molar-refractivity contribution in [3.8, 4) is 23.0 Å². The molecule has 31 heavy (non-hydrogen) atoms. The number of nitrogens with zero attached hydrogens (tertiary/aromatic N) is 1. The van der Waals surface area contributed by atoms with Crippen molar-refractivity contribution in [2.75, 3.05) is 18.9 Å². The number of nitrogens with one attached hydrogen (secondary N) is 1. The number of nitro groups is 1. The Kier molecular flexibility index (Phi) is 5.54. The first-order valence-electron chi connectivity index (χ1n) is 9.66. The molecule has 0 fully saturated rings. The summed E-state index contributed by atoms with van der Waals surface area (Å²) in [7, 11) is 0. The maximum atomic E-state index is 12.1. The number of carbonyl (C=O) groups excluding carboxylic acids is 1. The van der Waals surface area contributed by atoms with Gasteiger partial charge in [0.05, 0.1) is 11.5 Å². The van der Waals surface area contributed by atoms with Gasteiger partial charge in [-0.15, -0.1) is 0 Å². The van der Waals surface area contributed by atoms with Gasteiger partial charge in [-0.2, -0.15) is 0 Å². The van der Waals surface area contributed by atoms with Crippen molar-refractivity contribution in [3.63, 3.8) is 0 Å². The van der Waals surface area contributed by atoms with Crippen molar-refractivity contribution in [3.05, 3.63) is 93.5 Å². The Labute approximate surface area is 179 Å². The molecule has 7 nitrogen and oxygen atoms in total. The smallest absolute Gasteiger partial charge is 0.407 e. The van der Waals surface area contributed by atoms with Gasteiger partial charge in [-0.25, -0.2) is 4.79 Å². The highest BCUT2D eigenvalue weighted by Crippen LogP contribution is 2.44. The second-order valence-electron chi connectivity index (χ2n) is 7.01. The van der Waals surface area contributed by atoms with Gasteiger partial charge in [0.25, 0.3) is 5.69 Å². The van der Waals surface area contributed by atoms with Gasteiger partial charge in [0.1, 0.15) is 12.3 Å². The molecule has 1 aliphatic carbocycles. The van der Waals surface area contributed by atoms with E-state index >= 15 is 0 Å². The van der Waals surface area contributed by atoms with E-state index in [1.54, 1.807) is 0 Å². The van der Waals surface area contributed by atoms with Gasteiger partial charge in [-0.05, 0) is 34.4 Å². The van der Waals surface area contributed by atoms with Crippen LogP contribution in [0.25, 0.3) is 11.1 Å². The molecular weight excluding hydrogens is 394 g/mol. The molecule has 0 atom stereocenters. The van der Waals surface area contributed by atoms with Crippen LogP contribution in [0.15, 0.2) is 66.7 Å². The number of nitrogen functional groups attached to an aromatic ring is 1. The molecule has 0 radical (unpaired) electrons. The van der Waals surface area contributed by atoms with Crippen LogP contribution < -0.4 is 11.1 Å². The molecule has 0 unspecified atom stereocenters. The van der Waals surface area contributed by atoms with Gasteiger partial charge < -0.3 is 15.8 Å². The zero-order chi connectivity index (χ0) is 21.8. The predicted octanol–water partition coefficient (Wildman–Crippen LogP) is 4.07. The Morgan fingerprint density at radius 3 is 2.32 bits per heavy atom. The lowest BCUT2D eigenvalue weighted by atomic mass is 9.98. The average Bonchev–Trinajstić information content (AvgIpc) is 3.09. The highest BCUT2D eigenvalue weighted by Gasteiger charge is 2.28. The number of hydrogen-bond acceptors (Lipinski definition) is 5. The van der Waals surface area contributed by atoms with Crippen LogP contribution in [0.2, 0.25) is 0 Å². The van der Waals surface area contributed by atoms with E-state index in [0.29, 0.717) is 5.56 Å². The van der Waals surface area contributed by atoms with Crippen LogP contribution in [-0.4, -0.2) is 24.2 Å². The van der Waals surface area contributed by atoms with Crippen molar-refractivity contribution in [1.82, 2.24) is 5.32 Å². The third-order valence-corrected chi connectivity index (χ3v) is 5.12. The van der Waals surface area contributed by atoms with E-state index in [2.05, 4.69) is 41.4 Å². The summed E-state index contributed by atoms with van der Waals surface area (Å²) >= 11 is 0. The quantitative estimate of drug-likeness (QED) is 0.290. The van der Waals surface area contributed by atoms with Crippen LogP contribution in [0.3, 0.4) is 0 Å². The molecule has 0 aliphatic heterocycles. The van der Waals surface area contributed by atoms with Crippen molar-refractivity contribution in [2.24, 2.45) is 0 Å². The monoisotopic (exact) mass is 413 g/mol. The van der Waals surface area contributed by atoms with Crippen LogP contribution in [0.5, 0.6) is 0 Å². The number of hydrogen-bond donors (Lipinski definition) is 2. The summed E-state index contributed by atoms with van der Waals surface area (Å²) in [6.07, 6.45) is -0.556. The minimum absolute atomic E-state index is 0.00711. The SMILES string of the molecule is Nc1cc(C#CCNC(=O)OCC2c3ccccc3-c3ccccc32)ccc1[N+](=O)[O-]. The normalized spacial score (nSPS) is 11.6. The largest absolute Gasteiger partial charge is 0.449 e. The van der Waals surface area contributed by atoms with E-state index < -0.39 is 11.0 Å². The average molecular weight is 413 g/mol. The number of nitro benzene ring substituents is 1. The van der Waals surface area contributed by atoms with Crippen LogP contribution in [0.4, 0.5) is 16.2 Å². The summed E-state index contributed by atoms with van der Waals surface area (Å²) in [6, 6.07) is 20.5. The second-order valence-corrected chi connectivity index (χ2v) is 7.01. The molecule has 3 aromatic carbocycles. The van der Waals surface area contributed by atoms with Crippen molar-refractivity contribution in [1.29, 1.82) is 0 Å². The van der Waals surface area contributed by atoms with E-state index in [1.165, 1.54) is 29.3 Å². The van der Waals surface area contributed by atoms with Gasteiger partial charge in [0.2, 0.25) is 0 Å². The van der Waals surface area contributed by atoms with Gasteiger partial charge in [-0.3, -0.25) is 10.1 Å². The molecule has 4 rings (SSSR count). The van der Waals surface area contributed by atoms with Crippen LogP contribution in [0.1, 0.15) is 22.6 Å². The van der Waals surface area contributed by atoms with Crippen LogP contribution in [-0.2, 0) is 4.74 Å². The molecule has 7 heteroatoms. The minimum atomic E-state index is -0.556. The number of anilines is 1. The molecule has 1 aliphatic rings. The van der Waals surface area contributed by atoms with Crippen LogP contribution >= 0.6 is 0 Å². The summed E-state index contributed by atoms with van der Waals surface area (Å²) in [5.74, 6) is 5.58. The Morgan fingerprint density at radius 1 is 1.06 bits per heavy atom. The minimum Gasteiger partial charge on any atom is -0.449 e. The van der Waals surface area contributed by atoms with E-state index in [9.17, 15) is 14.9 Å². The Balaban J connectivity index is 1.34. The number of alkyl carbamates (subject to hydrolysis) is 1. The second kappa shape index (κ2) is 8.59. The van der Waals surface area contributed by atoms with Crippen molar-refractivity contribution < 1.29 is 14.5 Å². The summed E-state index contributed by atoms with van der Waals surface area (Å²) < 4.78 is 5.44. The van der Waals surface area contributed by atoms with Crippen LogP contribution in [0, 0.1) is 22.0 Å². The maximum absolute atomic E-state index is 12.1. The van der Waals surface area contributed by atoms with E-state index in [1.807, 2.05) is 24.3 Å². The lowest BCUT2D eigenvalue weighted by molar-refractivity contribution is -0.383. The first-order chi connectivity index (χ1) is 15.0. The number of ether oxygens (including phenoxy) is 1. The highest BCUT2D eigenvalue weighted by molar-refractivity contribution is 5.79. The van der Waals surface area contributed by atoms with E-state index in [0.717, 1.165) is 11.1 Å². The number of amides is 1. The first kappa shape index (κ1) is 20.0. The first-order valence-corrected chi connectivity index (χ1v) is 9.66. The molecule has 0 aromatic heterocycles. The molecule has 0 spiro atoms. The topological polar surface area (TPSA) is 107 Å². The lowest BCUT2D eigenvalue weighted by Gasteiger charge is -2.14. The van der Waals surface area contributed by atoms with E-state index in [-0.39, 0.29) is 30.4 Å². The molecule has 3 N–H and O–H groups in total. The Hall–Kier alpha value is -4.31. The fraction of sp³-hybridized carbons (Fsp3) is 0.125. The maximum Gasteiger partial charge on any atom is 0.407 e. The fourth-order valence-corrected chi connectivity index (χ4v) is 3.71. The summed E-state index contributed by atoms with van der Waals surface area (Å²) in [4.78, 5) is 22.4. The molecular formula is C24H19N3O4. The highest BCUT2D eigenvalue weighted by atomic mass is 16.6. The zero-order valence-electron chi connectivity index (χ0n) is 16.5. The fourth-order valence-electron chi connectivity index (χ4n) is 3.71. The van der Waals surface area contributed by atoms with Gasteiger partial charge in [0.15, 0.2) is 0 Å². The number of rotatable bonds is 4. The molecule has 0 saturated heterocycles. The molecule has 0 saturated carbocycles. The third-order valence-electron chi connectivity index (χ3n) is 5.12. The molecule has 0 heterocycles. The standard InChI is InChI=1S/C24H19N3O4/c25-22-14-16(11-12-23(22)27(29)30)6-5-13-26-24(28)31-15-21-19-9-3-1-7-17(19)18-8-2-4-10-20(18)21/h1-4,7-12,14,21H,13,15,25H2,(H,26,28). The molecule has 0 bridgehead atoms. The number of fused-ring (bicyclic) bond motifs is 3. The third kappa shape index (κ3) is 4.19. The predicted molar refractivity (Wildman–Crippen MR) is 117 cm³/mol. The number of carbonyl (C=O) groups is 1. The number of benzene rings is 3. The molecule has 1 amide bonds.